The van der Waals surface area contributed by atoms with Crippen molar-refractivity contribution in [2.75, 3.05) is 6.54 Å². The van der Waals surface area contributed by atoms with Crippen molar-refractivity contribution in [2.24, 2.45) is 7.05 Å². The predicted molar refractivity (Wildman–Crippen MR) is 93.0 cm³/mol. The number of carbonyl (C=O) groups excluding carboxylic acids is 1. The third-order valence-electron chi connectivity index (χ3n) is 4.52. The first-order chi connectivity index (χ1) is 11.4. The molecule has 0 spiro atoms. The summed E-state index contributed by atoms with van der Waals surface area (Å²) in [6.45, 7) is 7.27. The number of hydrogen-bond donors (Lipinski definition) is 0. The molecule has 0 saturated heterocycles. The first-order valence-corrected chi connectivity index (χ1v) is 8.47. The molecule has 0 radical (unpaired) electrons. The fourth-order valence-corrected chi connectivity index (χ4v) is 3.39. The molecule has 2 heterocycles. The Morgan fingerprint density at radius 2 is 1.96 bits per heavy atom. The minimum Gasteiger partial charge on any atom is -0.481 e. The number of ether oxygens (including phenoxy) is 1. The fraction of sp³-hybridized carbons (Fsp3) is 0.474. The van der Waals surface area contributed by atoms with Crippen molar-refractivity contribution in [3.8, 4) is 5.75 Å². The van der Waals surface area contributed by atoms with Crippen molar-refractivity contribution in [1.29, 1.82) is 0 Å². The summed E-state index contributed by atoms with van der Waals surface area (Å²) >= 11 is 0. The van der Waals surface area contributed by atoms with Gasteiger partial charge in [-0.2, -0.15) is 5.10 Å². The van der Waals surface area contributed by atoms with E-state index < -0.39 is 6.10 Å². The van der Waals surface area contributed by atoms with E-state index >= 15 is 0 Å². The molecular weight excluding hydrogens is 302 g/mol. The summed E-state index contributed by atoms with van der Waals surface area (Å²) in [4.78, 5) is 14.7. The maximum Gasteiger partial charge on any atom is 0.263 e. The second kappa shape index (κ2) is 6.67. The largest absolute Gasteiger partial charge is 0.481 e. The Morgan fingerprint density at radius 3 is 2.67 bits per heavy atom. The predicted octanol–water partition coefficient (Wildman–Crippen LogP) is 2.78. The first-order valence-electron chi connectivity index (χ1n) is 8.47. The molecule has 1 aromatic carbocycles. The van der Waals surface area contributed by atoms with Crippen LogP contribution in [0.1, 0.15) is 35.7 Å². The highest BCUT2D eigenvalue weighted by Crippen LogP contribution is 2.21. The maximum absolute atomic E-state index is 12.8. The Kier molecular flexibility index (Phi) is 4.60. The number of aryl methyl sites for hydroxylation is 3. The number of aromatic nitrogens is 2. The van der Waals surface area contributed by atoms with Gasteiger partial charge in [0.1, 0.15) is 5.75 Å². The zero-order chi connectivity index (χ0) is 17.3. The molecule has 1 aliphatic rings. The van der Waals surface area contributed by atoms with Gasteiger partial charge in [0.05, 0.1) is 6.20 Å². The van der Waals surface area contributed by atoms with Gasteiger partial charge in [0, 0.05) is 31.4 Å². The minimum atomic E-state index is -0.496. The van der Waals surface area contributed by atoms with Crippen LogP contribution in [0.15, 0.2) is 24.4 Å². The molecule has 0 fully saturated rings. The third kappa shape index (κ3) is 3.45. The average Bonchev–Trinajstić information content (AvgIpc) is 2.73. The van der Waals surface area contributed by atoms with Gasteiger partial charge in [-0.25, -0.2) is 0 Å². The number of nitrogens with zero attached hydrogens (tertiary/aromatic N) is 3. The molecular formula is C19H25N3O2. The summed E-state index contributed by atoms with van der Waals surface area (Å²) < 4.78 is 7.83. The van der Waals surface area contributed by atoms with E-state index in [1.807, 2.05) is 55.7 Å². The Bertz CT molecular complexity index is 731. The maximum atomic E-state index is 12.8. The smallest absolute Gasteiger partial charge is 0.263 e. The standard InChI is InChI=1S/C19H25N3O2/c1-13-8-14(2)10-17(9-13)24-15(3)19(23)22-7-5-6-18-16(12-22)11-20-21(18)4/h8-11,15H,5-7,12H2,1-4H3/t15-/m1/s1. The normalized spacial score (nSPS) is 15.6. The number of benzene rings is 1. The van der Waals surface area contributed by atoms with Crippen LogP contribution in [0.4, 0.5) is 0 Å². The van der Waals surface area contributed by atoms with Crippen LogP contribution in [-0.4, -0.2) is 33.2 Å². The molecule has 0 unspecified atom stereocenters. The Balaban J connectivity index is 1.71. The lowest BCUT2D eigenvalue weighted by Gasteiger charge is -2.24. The molecule has 0 saturated carbocycles. The molecule has 1 aliphatic heterocycles. The third-order valence-corrected chi connectivity index (χ3v) is 4.52. The van der Waals surface area contributed by atoms with E-state index in [1.54, 1.807) is 0 Å². The fourth-order valence-electron chi connectivity index (χ4n) is 3.39. The van der Waals surface area contributed by atoms with E-state index in [2.05, 4.69) is 11.2 Å². The topological polar surface area (TPSA) is 47.4 Å². The summed E-state index contributed by atoms with van der Waals surface area (Å²) in [5.74, 6) is 0.788. The van der Waals surface area contributed by atoms with Gasteiger partial charge in [0.15, 0.2) is 6.10 Å². The molecule has 5 heteroatoms. The summed E-state index contributed by atoms with van der Waals surface area (Å²) in [6, 6.07) is 6.04. The molecule has 1 atom stereocenters. The van der Waals surface area contributed by atoms with E-state index in [-0.39, 0.29) is 5.91 Å². The lowest BCUT2D eigenvalue weighted by atomic mass is 10.1. The number of rotatable bonds is 3. The molecule has 24 heavy (non-hydrogen) atoms. The molecule has 0 N–H and O–H groups in total. The highest BCUT2D eigenvalue weighted by Gasteiger charge is 2.26. The van der Waals surface area contributed by atoms with Gasteiger partial charge in [-0.15, -0.1) is 0 Å². The van der Waals surface area contributed by atoms with Gasteiger partial charge >= 0.3 is 0 Å². The second-order valence-electron chi connectivity index (χ2n) is 6.69. The van der Waals surface area contributed by atoms with Crippen molar-refractivity contribution in [2.45, 2.75) is 46.3 Å². The summed E-state index contributed by atoms with van der Waals surface area (Å²) in [5, 5.41) is 4.31. The molecule has 3 rings (SSSR count). The highest BCUT2D eigenvalue weighted by atomic mass is 16.5. The first kappa shape index (κ1) is 16.6. The average molecular weight is 327 g/mol. The molecule has 0 aliphatic carbocycles. The Hall–Kier alpha value is -2.30. The van der Waals surface area contributed by atoms with Gasteiger partial charge in [0.25, 0.3) is 5.91 Å². The lowest BCUT2D eigenvalue weighted by Crippen LogP contribution is -2.40. The number of carbonyl (C=O) groups is 1. The van der Waals surface area contributed by atoms with Crippen molar-refractivity contribution in [3.63, 3.8) is 0 Å². The van der Waals surface area contributed by atoms with Gasteiger partial charge in [-0.05, 0) is 56.9 Å². The van der Waals surface area contributed by atoms with Crippen LogP contribution in [0.3, 0.4) is 0 Å². The highest BCUT2D eigenvalue weighted by molar-refractivity contribution is 5.81. The van der Waals surface area contributed by atoms with Crippen molar-refractivity contribution < 1.29 is 9.53 Å². The number of hydrogen-bond acceptors (Lipinski definition) is 3. The summed E-state index contributed by atoms with van der Waals surface area (Å²) in [7, 11) is 1.96. The minimum absolute atomic E-state index is 0.0332. The van der Waals surface area contributed by atoms with E-state index in [4.69, 9.17) is 4.74 Å². The van der Waals surface area contributed by atoms with E-state index in [9.17, 15) is 4.79 Å². The second-order valence-corrected chi connectivity index (χ2v) is 6.69. The molecule has 0 bridgehead atoms. The van der Waals surface area contributed by atoms with Crippen LogP contribution >= 0.6 is 0 Å². The van der Waals surface area contributed by atoms with E-state index in [1.165, 1.54) is 5.69 Å². The van der Waals surface area contributed by atoms with Crippen molar-refractivity contribution >= 4 is 5.91 Å². The molecule has 5 nitrogen and oxygen atoms in total. The van der Waals surface area contributed by atoms with Gasteiger partial charge in [0.2, 0.25) is 0 Å². The van der Waals surface area contributed by atoms with Crippen LogP contribution in [0.2, 0.25) is 0 Å². The van der Waals surface area contributed by atoms with Crippen molar-refractivity contribution in [3.05, 3.63) is 46.8 Å². The Morgan fingerprint density at radius 1 is 1.25 bits per heavy atom. The molecule has 128 valence electrons. The quantitative estimate of drug-likeness (QED) is 0.871. The molecule has 1 aromatic heterocycles. The van der Waals surface area contributed by atoms with E-state index in [0.29, 0.717) is 6.54 Å². The van der Waals surface area contributed by atoms with Gasteiger partial charge < -0.3 is 9.64 Å². The van der Waals surface area contributed by atoms with Crippen molar-refractivity contribution in [1.82, 2.24) is 14.7 Å². The monoisotopic (exact) mass is 327 g/mol. The van der Waals surface area contributed by atoms with E-state index in [0.717, 1.165) is 41.8 Å². The van der Waals surface area contributed by atoms with Crippen LogP contribution in [0, 0.1) is 13.8 Å². The summed E-state index contributed by atoms with van der Waals surface area (Å²) in [6.07, 6.45) is 3.29. The van der Waals surface area contributed by atoms with Crippen LogP contribution < -0.4 is 4.74 Å². The number of fused-ring (bicyclic) bond motifs is 1. The SMILES string of the molecule is Cc1cc(C)cc(O[C@H](C)C(=O)N2CCCc3c(cnn3C)C2)c1. The Labute approximate surface area is 143 Å². The van der Waals surface area contributed by atoms with Crippen LogP contribution in [-0.2, 0) is 24.8 Å². The number of amides is 1. The summed E-state index contributed by atoms with van der Waals surface area (Å²) in [5.41, 5.74) is 4.65. The molecule has 2 aromatic rings. The molecule has 1 amide bonds. The van der Waals surface area contributed by atoms with Crippen LogP contribution in [0.25, 0.3) is 0 Å². The zero-order valence-electron chi connectivity index (χ0n) is 14.9. The van der Waals surface area contributed by atoms with Crippen LogP contribution in [0.5, 0.6) is 5.75 Å². The lowest BCUT2D eigenvalue weighted by molar-refractivity contribution is -0.138. The van der Waals surface area contributed by atoms with Gasteiger partial charge in [-0.1, -0.05) is 6.07 Å². The zero-order valence-corrected chi connectivity index (χ0v) is 14.9. The van der Waals surface area contributed by atoms with Gasteiger partial charge in [-0.3, -0.25) is 9.48 Å².